The van der Waals surface area contributed by atoms with Gasteiger partial charge in [-0.05, 0) is 36.3 Å². The van der Waals surface area contributed by atoms with E-state index >= 15 is 0 Å². The molecule has 0 unspecified atom stereocenters. The molecule has 0 heterocycles. The zero-order valence-corrected chi connectivity index (χ0v) is 10.3. The number of benzene rings is 1. The Morgan fingerprint density at radius 2 is 1.61 bits per heavy atom. The van der Waals surface area contributed by atoms with Crippen molar-refractivity contribution >= 4 is 29.6 Å². The molecule has 1 aromatic rings. The topological polar surface area (TPSA) is 74.6 Å². The van der Waals surface area contributed by atoms with Crippen LogP contribution in [0.2, 0.25) is 5.02 Å². The van der Waals surface area contributed by atoms with Crippen LogP contribution in [0.5, 0.6) is 0 Å². The summed E-state index contributed by atoms with van der Waals surface area (Å²) in [5.41, 5.74) is 0.665. The summed E-state index contributed by atoms with van der Waals surface area (Å²) >= 11 is 5.73. The van der Waals surface area contributed by atoms with Gasteiger partial charge in [-0.1, -0.05) is 29.8 Å². The van der Waals surface area contributed by atoms with Crippen LogP contribution < -0.4 is 0 Å². The highest BCUT2D eigenvalue weighted by Crippen LogP contribution is 2.13. The minimum Gasteiger partial charge on any atom is -0.477 e. The highest BCUT2D eigenvalue weighted by Gasteiger charge is 2.15. The normalized spacial score (nSPS) is 10.9. The predicted octanol–water partition coefficient (Wildman–Crippen LogP) is 2.84. The molecule has 94 valence electrons. The molecule has 0 aliphatic carbocycles. The fourth-order valence-corrected chi connectivity index (χ4v) is 1.43. The monoisotopic (exact) mass is 266 g/mol. The Morgan fingerprint density at radius 1 is 1.11 bits per heavy atom. The van der Waals surface area contributed by atoms with Crippen LogP contribution in [0.25, 0.3) is 6.08 Å². The molecule has 0 fully saturated rings. The maximum absolute atomic E-state index is 10.7. The zero-order valence-electron chi connectivity index (χ0n) is 9.55. The molecule has 0 atom stereocenters. The van der Waals surface area contributed by atoms with E-state index in [1.165, 1.54) is 0 Å². The summed E-state index contributed by atoms with van der Waals surface area (Å²) in [5, 5.41) is 18.0. The standard InChI is InChI=1S/C13H11ClO4/c1-8(7-11(12(15)16)13(17)18)6-9-2-4-10(14)5-3-9/h2-7H,1H3,(H,15,16)(H,17,18). The maximum Gasteiger partial charge on any atom is 0.343 e. The Balaban J connectivity index is 3.03. The molecule has 0 aliphatic heterocycles. The first-order valence-corrected chi connectivity index (χ1v) is 5.40. The average molecular weight is 267 g/mol. The number of carboxylic acid groups (broad SMARTS) is 2. The molecule has 0 saturated carbocycles. The van der Waals surface area contributed by atoms with Crippen molar-refractivity contribution in [3.63, 3.8) is 0 Å². The molecule has 0 amide bonds. The summed E-state index contributed by atoms with van der Waals surface area (Å²) in [4.78, 5) is 21.4. The number of hydrogen-bond acceptors (Lipinski definition) is 2. The third kappa shape index (κ3) is 4.07. The van der Waals surface area contributed by atoms with Gasteiger partial charge >= 0.3 is 11.9 Å². The van der Waals surface area contributed by atoms with Crippen molar-refractivity contribution in [3.8, 4) is 0 Å². The molecule has 1 aromatic carbocycles. The SMILES string of the molecule is CC(=Cc1ccc(Cl)cc1)C=C(C(=O)O)C(=O)O. The molecule has 0 aliphatic rings. The van der Waals surface area contributed by atoms with Crippen molar-refractivity contribution in [2.24, 2.45) is 0 Å². The Bertz CT molecular complexity index is 510. The molecule has 0 radical (unpaired) electrons. The van der Waals surface area contributed by atoms with Crippen LogP contribution in [-0.4, -0.2) is 22.2 Å². The molecule has 0 aromatic heterocycles. The quantitative estimate of drug-likeness (QED) is 0.380. The minimum atomic E-state index is -1.47. The third-order valence-electron chi connectivity index (χ3n) is 2.10. The summed E-state index contributed by atoms with van der Waals surface area (Å²) in [6.07, 6.45) is 2.78. The van der Waals surface area contributed by atoms with E-state index in [1.54, 1.807) is 37.3 Å². The number of aliphatic carboxylic acids is 2. The lowest BCUT2D eigenvalue weighted by Gasteiger charge is -1.98. The van der Waals surface area contributed by atoms with Crippen LogP contribution in [0.15, 0.2) is 41.5 Å². The second kappa shape index (κ2) is 6.02. The Labute approximate surface area is 109 Å². The van der Waals surface area contributed by atoms with Gasteiger partial charge in [0.05, 0.1) is 0 Å². The van der Waals surface area contributed by atoms with Crippen LogP contribution >= 0.6 is 11.6 Å². The molecule has 4 nitrogen and oxygen atoms in total. The van der Waals surface area contributed by atoms with Gasteiger partial charge in [0, 0.05) is 5.02 Å². The number of rotatable bonds is 4. The van der Waals surface area contributed by atoms with E-state index in [2.05, 4.69) is 0 Å². The molecule has 0 spiro atoms. The summed E-state index contributed by atoms with van der Waals surface area (Å²) < 4.78 is 0. The first-order chi connectivity index (χ1) is 8.40. The number of halogens is 1. The second-order valence-electron chi connectivity index (χ2n) is 3.61. The van der Waals surface area contributed by atoms with Crippen molar-refractivity contribution < 1.29 is 19.8 Å². The smallest absolute Gasteiger partial charge is 0.343 e. The van der Waals surface area contributed by atoms with Gasteiger partial charge in [0.2, 0.25) is 0 Å². The Morgan fingerprint density at radius 3 is 2.06 bits per heavy atom. The summed E-state index contributed by atoms with van der Waals surface area (Å²) in [5.74, 6) is -2.93. The van der Waals surface area contributed by atoms with Crippen LogP contribution in [0.3, 0.4) is 0 Å². The van der Waals surface area contributed by atoms with Crippen molar-refractivity contribution in [2.45, 2.75) is 6.92 Å². The van der Waals surface area contributed by atoms with Gasteiger partial charge in [-0.15, -0.1) is 0 Å². The lowest BCUT2D eigenvalue weighted by Crippen LogP contribution is -2.11. The molecular formula is C13H11ClO4. The molecule has 2 N–H and O–H groups in total. The molecular weight excluding hydrogens is 256 g/mol. The number of allylic oxidation sites excluding steroid dienone is 2. The molecule has 18 heavy (non-hydrogen) atoms. The molecule has 1 rings (SSSR count). The van der Waals surface area contributed by atoms with Crippen LogP contribution in [0, 0.1) is 0 Å². The van der Waals surface area contributed by atoms with E-state index in [4.69, 9.17) is 21.8 Å². The predicted molar refractivity (Wildman–Crippen MR) is 68.5 cm³/mol. The molecule has 0 bridgehead atoms. The van der Waals surface area contributed by atoms with E-state index in [-0.39, 0.29) is 0 Å². The van der Waals surface area contributed by atoms with Gasteiger partial charge in [0.25, 0.3) is 0 Å². The maximum atomic E-state index is 10.7. The van der Waals surface area contributed by atoms with E-state index in [0.29, 0.717) is 10.6 Å². The van der Waals surface area contributed by atoms with Crippen LogP contribution in [0.4, 0.5) is 0 Å². The largest absolute Gasteiger partial charge is 0.477 e. The van der Waals surface area contributed by atoms with Gasteiger partial charge in [0.15, 0.2) is 0 Å². The van der Waals surface area contributed by atoms with Crippen molar-refractivity contribution in [2.75, 3.05) is 0 Å². The number of carbonyl (C=O) groups is 2. The van der Waals surface area contributed by atoms with Gasteiger partial charge in [-0.2, -0.15) is 0 Å². The molecule has 5 heteroatoms. The fourth-order valence-electron chi connectivity index (χ4n) is 1.31. The van der Waals surface area contributed by atoms with Crippen molar-refractivity contribution in [3.05, 3.63) is 52.1 Å². The first-order valence-electron chi connectivity index (χ1n) is 5.02. The van der Waals surface area contributed by atoms with Gasteiger partial charge < -0.3 is 10.2 Å². The zero-order chi connectivity index (χ0) is 13.7. The van der Waals surface area contributed by atoms with Crippen LogP contribution in [-0.2, 0) is 9.59 Å². The first kappa shape index (κ1) is 14.0. The van der Waals surface area contributed by atoms with E-state index < -0.39 is 17.5 Å². The third-order valence-corrected chi connectivity index (χ3v) is 2.35. The average Bonchev–Trinajstić information content (AvgIpc) is 2.28. The van der Waals surface area contributed by atoms with E-state index in [1.807, 2.05) is 0 Å². The van der Waals surface area contributed by atoms with Gasteiger partial charge in [-0.25, -0.2) is 9.59 Å². The van der Waals surface area contributed by atoms with Crippen molar-refractivity contribution in [1.29, 1.82) is 0 Å². The van der Waals surface area contributed by atoms with Gasteiger partial charge in [-0.3, -0.25) is 0 Å². The lowest BCUT2D eigenvalue weighted by molar-refractivity contribution is -0.140. The Hall–Kier alpha value is -2.07. The van der Waals surface area contributed by atoms with E-state index in [9.17, 15) is 9.59 Å². The highest BCUT2D eigenvalue weighted by molar-refractivity contribution is 6.30. The number of carboxylic acids is 2. The summed E-state index contributed by atoms with van der Waals surface area (Å²) in [7, 11) is 0. The molecule has 0 saturated heterocycles. The van der Waals surface area contributed by atoms with Gasteiger partial charge in [0.1, 0.15) is 5.57 Å². The highest BCUT2D eigenvalue weighted by atomic mass is 35.5. The number of hydrogen-bond donors (Lipinski definition) is 2. The Kier molecular flexibility index (Phi) is 4.68. The summed E-state index contributed by atoms with van der Waals surface area (Å²) in [6.45, 7) is 1.63. The minimum absolute atomic E-state index is 0.525. The fraction of sp³-hybridized carbons (Fsp3) is 0.0769. The summed E-state index contributed by atoms with van der Waals surface area (Å²) in [6, 6.07) is 6.89. The van der Waals surface area contributed by atoms with Crippen LogP contribution in [0.1, 0.15) is 12.5 Å². The lowest BCUT2D eigenvalue weighted by atomic mass is 10.1. The second-order valence-corrected chi connectivity index (χ2v) is 4.04. The van der Waals surface area contributed by atoms with E-state index in [0.717, 1.165) is 11.6 Å². The van der Waals surface area contributed by atoms with Crippen molar-refractivity contribution in [1.82, 2.24) is 0 Å².